The van der Waals surface area contributed by atoms with Crippen molar-refractivity contribution in [1.29, 1.82) is 0 Å². The van der Waals surface area contributed by atoms with Crippen LogP contribution in [0.2, 0.25) is 0 Å². The highest BCUT2D eigenvalue weighted by Gasteiger charge is 2.36. The number of halogens is 1. The minimum absolute atomic E-state index is 0.0992. The van der Waals surface area contributed by atoms with Gasteiger partial charge in [0.2, 0.25) is 0 Å². The molecule has 5 aromatic carbocycles. The standard InChI is InChI=1S/C37H26BrN3/c1-37(2)30-16-10-9-15-26(30)27-20-29-28-19-25(38)17-18-33(28)41(34(29)21-31(27)37)35-22-32(23-11-5-3-6-12-23)39-36(40-35)24-13-7-4-8-14-24/h3-22H,1-2H3. The van der Waals surface area contributed by atoms with Crippen LogP contribution in [0.15, 0.2) is 126 Å². The van der Waals surface area contributed by atoms with Crippen LogP contribution in [0.5, 0.6) is 0 Å². The van der Waals surface area contributed by atoms with Crippen LogP contribution in [0.4, 0.5) is 0 Å². The fourth-order valence-corrected chi connectivity index (χ4v) is 6.82. The Labute approximate surface area is 247 Å². The molecule has 2 heterocycles. The molecule has 196 valence electrons. The summed E-state index contributed by atoms with van der Waals surface area (Å²) in [5.74, 6) is 1.57. The van der Waals surface area contributed by atoms with E-state index in [-0.39, 0.29) is 5.41 Å². The summed E-state index contributed by atoms with van der Waals surface area (Å²) in [6.07, 6.45) is 0. The molecule has 0 amide bonds. The van der Waals surface area contributed by atoms with Gasteiger partial charge in [-0.2, -0.15) is 0 Å². The number of rotatable bonds is 3. The zero-order chi connectivity index (χ0) is 27.7. The molecule has 0 saturated heterocycles. The van der Waals surface area contributed by atoms with Crippen LogP contribution in [0.3, 0.4) is 0 Å². The van der Waals surface area contributed by atoms with Gasteiger partial charge in [-0.05, 0) is 52.6 Å². The highest BCUT2D eigenvalue weighted by atomic mass is 79.9. The first-order chi connectivity index (χ1) is 20.0. The van der Waals surface area contributed by atoms with Crippen molar-refractivity contribution in [1.82, 2.24) is 14.5 Å². The molecule has 1 aliphatic carbocycles. The zero-order valence-corrected chi connectivity index (χ0v) is 24.4. The second-order valence-corrected chi connectivity index (χ2v) is 12.2. The number of hydrogen-bond donors (Lipinski definition) is 0. The van der Waals surface area contributed by atoms with Crippen LogP contribution in [-0.2, 0) is 5.41 Å². The van der Waals surface area contributed by atoms with Gasteiger partial charge in [0.1, 0.15) is 5.82 Å². The van der Waals surface area contributed by atoms with Crippen molar-refractivity contribution in [2.75, 3.05) is 0 Å². The second-order valence-electron chi connectivity index (χ2n) is 11.2. The van der Waals surface area contributed by atoms with Crippen molar-refractivity contribution in [2.24, 2.45) is 0 Å². The zero-order valence-electron chi connectivity index (χ0n) is 22.8. The van der Waals surface area contributed by atoms with E-state index in [4.69, 9.17) is 9.97 Å². The van der Waals surface area contributed by atoms with E-state index < -0.39 is 0 Å². The summed E-state index contributed by atoms with van der Waals surface area (Å²) in [4.78, 5) is 10.2. The Hall–Kier alpha value is -4.54. The molecule has 0 radical (unpaired) electrons. The molecule has 1 aliphatic rings. The quantitative estimate of drug-likeness (QED) is 0.204. The van der Waals surface area contributed by atoms with E-state index >= 15 is 0 Å². The lowest BCUT2D eigenvalue weighted by molar-refractivity contribution is 0.661. The number of hydrogen-bond acceptors (Lipinski definition) is 2. The number of fused-ring (bicyclic) bond motifs is 6. The molecule has 3 nitrogen and oxygen atoms in total. The van der Waals surface area contributed by atoms with Gasteiger partial charge in [-0.25, -0.2) is 9.97 Å². The predicted octanol–water partition coefficient (Wildman–Crippen LogP) is 9.98. The Kier molecular flexibility index (Phi) is 5.32. The lowest BCUT2D eigenvalue weighted by atomic mass is 9.82. The lowest BCUT2D eigenvalue weighted by Crippen LogP contribution is -2.15. The summed E-state index contributed by atoms with van der Waals surface area (Å²) in [6.45, 7) is 4.66. The molecule has 7 aromatic rings. The summed E-state index contributed by atoms with van der Waals surface area (Å²) in [5.41, 5.74) is 10.5. The minimum atomic E-state index is -0.0992. The van der Waals surface area contributed by atoms with Crippen molar-refractivity contribution in [3.05, 3.63) is 137 Å². The molecule has 0 atom stereocenters. The maximum absolute atomic E-state index is 5.20. The minimum Gasteiger partial charge on any atom is -0.294 e. The Balaban J connectivity index is 1.47. The fourth-order valence-electron chi connectivity index (χ4n) is 6.45. The number of nitrogens with zero attached hydrogens (tertiary/aromatic N) is 3. The molecule has 0 unspecified atom stereocenters. The molecule has 0 bridgehead atoms. The molecule has 0 saturated carbocycles. The SMILES string of the molecule is CC1(C)c2ccccc2-c2cc3c4cc(Br)ccc4n(-c4cc(-c5ccccc5)nc(-c5ccccc5)n4)c3cc21. The van der Waals surface area contributed by atoms with Gasteiger partial charge in [0.25, 0.3) is 0 Å². The van der Waals surface area contributed by atoms with Crippen LogP contribution in [0.25, 0.3) is 61.4 Å². The smallest absolute Gasteiger partial charge is 0.162 e. The van der Waals surface area contributed by atoms with E-state index in [0.29, 0.717) is 5.82 Å². The van der Waals surface area contributed by atoms with Gasteiger partial charge >= 0.3 is 0 Å². The average molecular weight is 593 g/mol. The molecule has 0 spiro atoms. The van der Waals surface area contributed by atoms with Gasteiger partial charge < -0.3 is 0 Å². The second kappa shape index (κ2) is 8.98. The van der Waals surface area contributed by atoms with Gasteiger partial charge in [0.15, 0.2) is 5.82 Å². The van der Waals surface area contributed by atoms with E-state index in [2.05, 4.69) is 131 Å². The van der Waals surface area contributed by atoms with Gasteiger partial charge in [-0.3, -0.25) is 4.57 Å². The summed E-state index contributed by atoms with van der Waals surface area (Å²) in [5, 5.41) is 2.41. The van der Waals surface area contributed by atoms with Gasteiger partial charge in [0.05, 0.1) is 16.7 Å². The maximum Gasteiger partial charge on any atom is 0.162 e. The van der Waals surface area contributed by atoms with Crippen molar-refractivity contribution >= 4 is 37.7 Å². The summed E-state index contributed by atoms with van der Waals surface area (Å²) in [7, 11) is 0. The van der Waals surface area contributed by atoms with Gasteiger partial charge in [-0.15, -0.1) is 0 Å². The van der Waals surface area contributed by atoms with Crippen LogP contribution in [-0.4, -0.2) is 14.5 Å². The molecule has 41 heavy (non-hydrogen) atoms. The third kappa shape index (κ3) is 3.71. The molecular formula is C37H26BrN3. The summed E-state index contributed by atoms with van der Waals surface area (Å²) in [6, 6.07) is 42.9. The van der Waals surface area contributed by atoms with E-state index in [1.807, 2.05) is 24.3 Å². The van der Waals surface area contributed by atoms with E-state index in [0.717, 1.165) is 38.1 Å². The highest BCUT2D eigenvalue weighted by Crippen LogP contribution is 2.51. The first kappa shape index (κ1) is 24.3. The number of aromatic nitrogens is 3. The predicted molar refractivity (Wildman–Crippen MR) is 173 cm³/mol. The molecule has 0 fully saturated rings. The Morgan fingerprint density at radius 1 is 0.585 bits per heavy atom. The summed E-state index contributed by atoms with van der Waals surface area (Å²) < 4.78 is 3.37. The third-order valence-electron chi connectivity index (χ3n) is 8.47. The van der Waals surface area contributed by atoms with E-state index in [9.17, 15) is 0 Å². The molecular weight excluding hydrogens is 566 g/mol. The van der Waals surface area contributed by atoms with E-state index in [1.165, 1.54) is 33.0 Å². The molecule has 2 aromatic heterocycles. The maximum atomic E-state index is 5.20. The average Bonchev–Trinajstić information content (AvgIpc) is 3.45. The first-order valence-electron chi connectivity index (χ1n) is 13.9. The lowest BCUT2D eigenvalue weighted by Gasteiger charge is -2.21. The molecule has 0 N–H and O–H groups in total. The largest absolute Gasteiger partial charge is 0.294 e. The van der Waals surface area contributed by atoms with Gasteiger partial charge in [-0.1, -0.05) is 115 Å². The molecule has 4 heteroatoms. The fraction of sp³-hybridized carbons (Fsp3) is 0.0811. The Morgan fingerprint density at radius 2 is 1.27 bits per heavy atom. The summed E-state index contributed by atoms with van der Waals surface area (Å²) >= 11 is 3.74. The number of benzene rings is 5. The Bertz CT molecular complexity index is 2070. The van der Waals surface area contributed by atoms with Crippen molar-refractivity contribution < 1.29 is 0 Å². The van der Waals surface area contributed by atoms with Crippen LogP contribution in [0.1, 0.15) is 25.0 Å². The van der Waals surface area contributed by atoms with Crippen molar-refractivity contribution in [3.8, 4) is 39.6 Å². The van der Waals surface area contributed by atoms with Crippen LogP contribution >= 0.6 is 15.9 Å². The van der Waals surface area contributed by atoms with Gasteiger partial charge in [0, 0.05) is 37.9 Å². The first-order valence-corrected chi connectivity index (χ1v) is 14.7. The monoisotopic (exact) mass is 591 g/mol. The third-order valence-corrected chi connectivity index (χ3v) is 8.97. The molecule has 0 aliphatic heterocycles. The van der Waals surface area contributed by atoms with Crippen molar-refractivity contribution in [2.45, 2.75) is 19.3 Å². The Morgan fingerprint density at radius 3 is 2.05 bits per heavy atom. The normalized spacial score (nSPS) is 13.4. The van der Waals surface area contributed by atoms with Crippen LogP contribution < -0.4 is 0 Å². The van der Waals surface area contributed by atoms with E-state index in [1.54, 1.807) is 0 Å². The molecule has 8 rings (SSSR count). The van der Waals surface area contributed by atoms with Crippen LogP contribution in [0, 0.1) is 0 Å². The highest BCUT2D eigenvalue weighted by molar-refractivity contribution is 9.10. The van der Waals surface area contributed by atoms with Crippen molar-refractivity contribution in [3.63, 3.8) is 0 Å². The topological polar surface area (TPSA) is 30.7 Å².